The Hall–Kier alpha value is -3.58. The molecule has 3 aromatic rings. The molecular weight excluding hydrogens is 494 g/mol. The molecule has 1 aliphatic rings. The van der Waals surface area contributed by atoms with Crippen LogP contribution >= 0.6 is 12.2 Å². The number of nitrogens with one attached hydrogen (secondary N) is 2. The summed E-state index contributed by atoms with van der Waals surface area (Å²) >= 11 is 5.29. The molecule has 1 aliphatic carbocycles. The predicted octanol–water partition coefficient (Wildman–Crippen LogP) is 6.59. The van der Waals surface area contributed by atoms with E-state index in [4.69, 9.17) is 26.4 Å². The molecule has 200 valence electrons. The lowest BCUT2D eigenvalue weighted by Crippen LogP contribution is -2.31. The molecule has 0 heterocycles. The fraction of sp³-hybridized carbons (Fsp3) is 0.355. The van der Waals surface area contributed by atoms with Gasteiger partial charge in [0.15, 0.2) is 16.6 Å². The molecule has 0 amide bonds. The van der Waals surface area contributed by atoms with Gasteiger partial charge < -0.3 is 19.5 Å². The maximum Gasteiger partial charge on any atom is 0.187 e. The molecule has 0 spiro atoms. The lowest BCUT2D eigenvalue weighted by Gasteiger charge is -2.22. The van der Waals surface area contributed by atoms with Crippen LogP contribution in [-0.2, 0) is 6.54 Å². The molecule has 0 unspecified atom stereocenters. The third-order valence-electron chi connectivity index (χ3n) is 6.51. The topological polar surface area (TPSA) is 64.1 Å². The van der Waals surface area contributed by atoms with Gasteiger partial charge in [0, 0.05) is 6.54 Å². The Morgan fingerprint density at radius 3 is 2.42 bits per heavy atom. The van der Waals surface area contributed by atoms with E-state index in [1.54, 1.807) is 6.21 Å². The number of ether oxygens (including phenoxy) is 3. The van der Waals surface area contributed by atoms with Gasteiger partial charge in [0.05, 0.1) is 12.8 Å². The fourth-order valence-corrected chi connectivity index (χ4v) is 4.68. The highest BCUT2D eigenvalue weighted by Crippen LogP contribution is 2.33. The summed E-state index contributed by atoms with van der Waals surface area (Å²) in [7, 11) is 0. The summed E-state index contributed by atoms with van der Waals surface area (Å²) in [6.45, 7) is 3.99. The maximum absolute atomic E-state index is 5.96. The Morgan fingerprint density at radius 1 is 0.895 bits per heavy atom. The molecule has 0 atom stereocenters. The Balaban J connectivity index is 1.21. The first-order chi connectivity index (χ1) is 18.7. The lowest BCUT2D eigenvalue weighted by molar-refractivity contribution is 0.208. The second kappa shape index (κ2) is 15.0. The van der Waals surface area contributed by atoms with Crippen molar-refractivity contribution < 1.29 is 14.2 Å². The van der Waals surface area contributed by atoms with Crippen LogP contribution in [-0.4, -0.2) is 31.1 Å². The quantitative estimate of drug-likeness (QED) is 0.119. The van der Waals surface area contributed by atoms with E-state index in [2.05, 4.69) is 40.1 Å². The van der Waals surface area contributed by atoms with E-state index in [-0.39, 0.29) is 0 Å². The summed E-state index contributed by atoms with van der Waals surface area (Å²) in [5, 5.41) is 7.83. The van der Waals surface area contributed by atoms with Gasteiger partial charge in [-0.05, 0) is 84.9 Å². The van der Waals surface area contributed by atoms with Crippen LogP contribution in [0, 0.1) is 0 Å². The zero-order valence-electron chi connectivity index (χ0n) is 22.0. The standard InChI is InChI=1S/C31H37N3O3S/c1-2-35-30-21-25(23-33-34-31(38)32-22-24-9-5-3-6-10-24)13-18-29(30)37-20-19-36-28-16-14-27(15-17-28)26-11-7-4-8-12-26/h3,5-6,9-10,13-18,21,23,26H,2,4,7-8,11-12,19-20,22H2,1H3,(H2,32,34,38). The third kappa shape index (κ3) is 8.77. The van der Waals surface area contributed by atoms with Gasteiger partial charge in [-0.15, -0.1) is 0 Å². The van der Waals surface area contributed by atoms with Crippen molar-refractivity contribution in [2.24, 2.45) is 5.10 Å². The van der Waals surface area contributed by atoms with Crippen LogP contribution in [0.3, 0.4) is 0 Å². The highest BCUT2D eigenvalue weighted by molar-refractivity contribution is 7.80. The highest BCUT2D eigenvalue weighted by atomic mass is 32.1. The van der Waals surface area contributed by atoms with E-state index in [9.17, 15) is 0 Å². The van der Waals surface area contributed by atoms with Crippen molar-refractivity contribution in [1.82, 2.24) is 10.7 Å². The molecule has 6 nitrogen and oxygen atoms in total. The van der Waals surface area contributed by atoms with Crippen LogP contribution in [0.15, 0.2) is 77.9 Å². The first-order valence-corrected chi connectivity index (χ1v) is 13.9. The SMILES string of the molecule is CCOc1cc(C=NNC(=S)NCc2ccccc2)ccc1OCCOc1ccc(C2CCCCC2)cc1. The Bertz CT molecular complexity index is 1160. The second-order valence-electron chi connectivity index (χ2n) is 9.28. The van der Waals surface area contributed by atoms with Crippen LogP contribution in [0.4, 0.5) is 0 Å². The molecule has 0 saturated heterocycles. The molecule has 1 fully saturated rings. The number of benzene rings is 3. The van der Waals surface area contributed by atoms with E-state index in [1.165, 1.54) is 37.7 Å². The van der Waals surface area contributed by atoms with Crippen LogP contribution < -0.4 is 25.0 Å². The van der Waals surface area contributed by atoms with Gasteiger partial charge >= 0.3 is 0 Å². The van der Waals surface area contributed by atoms with Gasteiger partial charge in [0.25, 0.3) is 0 Å². The minimum Gasteiger partial charge on any atom is -0.490 e. The predicted molar refractivity (Wildman–Crippen MR) is 157 cm³/mol. The third-order valence-corrected chi connectivity index (χ3v) is 6.75. The van der Waals surface area contributed by atoms with Crippen molar-refractivity contribution >= 4 is 23.5 Å². The highest BCUT2D eigenvalue weighted by Gasteiger charge is 2.15. The van der Waals surface area contributed by atoms with E-state index in [0.29, 0.717) is 48.9 Å². The molecule has 1 saturated carbocycles. The van der Waals surface area contributed by atoms with Crippen LogP contribution in [0.25, 0.3) is 0 Å². The van der Waals surface area contributed by atoms with Gasteiger partial charge in [-0.25, -0.2) is 0 Å². The van der Waals surface area contributed by atoms with E-state index in [0.717, 1.165) is 16.9 Å². The van der Waals surface area contributed by atoms with Gasteiger partial charge in [-0.1, -0.05) is 61.7 Å². The number of hydrogen-bond donors (Lipinski definition) is 2. The molecule has 2 N–H and O–H groups in total. The van der Waals surface area contributed by atoms with Gasteiger partial charge in [-0.3, -0.25) is 5.43 Å². The molecule has 38 heavy (non-hydrogen) atoms. The zero-order chi connectivity index (χ0) is 26.4. The van der Waals surface area contributed by atoms with Gasteiger partial charge in [-0.2, -0.15) is 5.10 Å². The summed E-state index contributed by atoms with van der Waals surface area (Å²) < 4.78 is 17.7. The average Bonchev–Trinajstić information content (AvgIpc) is 2.96. The van der Waals surface area contributed by atoms with Crippen molar-refractivity contribution in [3.63, 3.8) is 0 Å². The van der Waals surface area contributed by atoms with Crippen molar-refractivity contribution in [1.29, 1.82) is 0 Å². The first kappa shape index (κ1) is 27.5. The number of rotatable bonds is 12. The number of nitrogens with zero attached hydrogens (tertiary/aromatic N) is 1. The smallest absolute Gasteiger partial charge is 0.187 e. The largest absolute Gasteiger partial charge is 0.490 e. The van der Waals surface area contributed by atoms with Crippen molar-refractivity contribution in [3.05, 3.63) is 89.5 Å². The lowest BCUT2D eigenvalue weighted by atomic mass is 9.84. The summed E-state index contributed by atoms with van der Waals surface area (Å²) in [6.07, 6.45) is 8.36. The van der Waals surface area contributed by atoms with Crippen molar-refractivity contribution in [2.75, 3.05) is 19.8 Å². The second-order valence-corrected chi connectivity index (χ2v) is 9.69. The molecule has 0 aromatic heterocycles. The molecule has 0 radical (unpaired) electrons. The maximum atomic E-state index is 5.96. The van der Waals surface area contributed by atoms with E-state index in [1.807, 2.05) is 55.5 Å². The summed E-state index contributed by atoms with van der Waals surface area (Å²) in [4.78, 5) is 0. The normalized spacial score (nSPS) is 13.7. The van der Waals surface area contributed by atoms with E-state index < -0.39 is 0 Å². The number of thiocarbonyl (C=S) groups is 1. The minimum absolute atomic E-state index is 0.417. The Labute approximate surface area is 231 Å². The molecule has 7 heteroatoms. The van der Waals surface area contributed by atoms with Gasteiger partial charge in [0.2, 0.25) is 0 Å². The molecular formula is C31H37N3O3S. The molecule has 0 aliphatic heterocycles. The number of hydrogen-bond acceptors (Lipinski definition) is 5. The summed E-state index contributed by atoms with van der Waals surface area (Å²) in [5.41, 5.74) is 6.29. The molecule has 4 rings (SSSR count). The first-order valence-electron chi connectivity index (χ1n) is 13.4. The minimum atomic E-state index is 0.417. The van der Waals surface area contributed by atoms with Crippen LogP contribution in [0.5, 0.6) is 17.2 Å². The van der Waals surface area contributed by atoms with Crippen molar-refractivity contribution in [2.45, 2.75) is 51.5 Å². The van der Waals surface area contributed by atoms with Crippen LogP contribution in [0.2, 0.25) is 0 Å². The van der Waals surface area contributed by atoms with E-state index >= 15 is 0 Å². The van der Waals surface area contributed by atoms with Crippen molar-refractivity contribution in [3.8, 4) is 17.2 Å². The van der Waals surface area contributed by atoms with Gasteiger partial charge in [0.1, 0.15) is 19.0 Å². The Kier molecular flexibility index (Phi) is 10.8. The monoisotopic (exact) mass is 531 g/mol. The van der Waals surface area contributed by atoms with Crippen LogP contribution in [0.1, 0.15) is 61.6 Å². The zero-order valence-corrected chi connectivity index (χ0v) is 22.8. The molecule has 3 aromatic carbocycles. The Morgan fingerprint density at radius 2 is 1.66 bits per heavy atom. The number of hydrazone groups is 1. The average molecular weight is 532 g/mol. The summed E-state index contributed by atoms with van der Waals surface area (Å²) in [5.74, 6) is 2.91. The molecule has 0 bridgehead atoms. The summed E-state index contributed by atoms with van der Waals surface area (Å²) in [6, 6.07) is 24.3. The fourth-order valence-electron chi connectivity index (χ4n) is 4.56.